The van der Waals surface area contributed by atoms with E-state index in [2.05, 4.69) is 45.1 Å². The lowest BCUT2D eigenvalue weighted by Crippen LogP contribution is -2.28. The first kappa shape index (κ1) is 18.5. The third-order valence-electron chi connectivity index (χ3n) is 3.97. The van der Waals surface area contributed by atoms with Crippen LogP contribution in [0.25, 0.3) is 0 Å². The number of benzene rings is 1. The second-order valence-corrected chi connectivity index (χ2v) is 7.25. The van der Waals surface area contributed by atoms with E-state index in [0.29, 0.717) is 11.8 Å². The SMILES string of the molecule is CCCC(C)CC(CNCC(C)C)Cc1ccccc1Cl. The molecule has 1 N–H and O–H groups in total. The van der Waals surface area contributed by atoms with E-state index >= 15 is 0 Å². The molecule has 0 saturated heterocycles. The second kappa shape index (κ2) is 10.2. The number of nitrogens with one attached hydrogen (secondary N) is 1. The summed E-state index contributed by atoms with van der Waals surface area (Å²) in [6.45, 7) is 11.4. The average molecular weight is 310 g/mol. The van der Waals surface area contributed by atoms with Crippen LogP contribution in [0.2, 0.25) is 5.02 Å². The number of hydrogen-bond donors (Lipinski definition) is 1. The molecule has 1 aromatic carbocycles. The van der Waals surface area contributed by atoms with E-state index in [1.807, 2.05) is 12.1 Å². The molecule has 0 bridgehead atoms. The van der Waals surface area contributed by atoms with Crippen molar-refractivity contribution in [1.82, 2.24) is 5.32 Å². The Bertz CT molecular complexity index is 389. The number of rotatable bonds is 10. The fourth-order valence-electron chi connectivity index (χ4n) is 2.97. The minimum absolute atomic E-state index is 0.671. The molecule has 0 fully saturated rings. The fourth-order valence-corrected chi connectivity index (χ4v) is 3.18. The summed E-state index contributed by atoms with van der Waals surface area (Å²) in [5, 5.41) is 4.54. The van der Waals surface area contributed by atoms with Crippen LogP contribution in [0, 0.1) is 17.8 Å². The van der Waals surface area contributed by atoms with Crippen molar-refractivity contribution in [1.29, 1.82) is 0 Å². The highest BCUT2D eigenvalue weighted by atomic mass is 35.5. The summed E-state index contributed by atoms with van der Waals surface area (Å²) in [4.78, 5) is 0. The molecule has 1 aromatic rings. The molecule has 0 aromatic heterocycles. The third-order valence-corrected chi connectivity index (χ3v) is 4.34. The van der Waals surface area contributed by atoms with Gasteiger partial charge in [0.2, 0.25) is 0 Å². The standard InChI is InChI=1S/C19H32ClN/c1-5-8-16(4)11-17(14-21-13-15(2)3)12-18-9-6-7-10-19(18)20/h6-7,9-10,15-17,21H,5,8,11-14H2,1-4H3. The largest absolute Gasteiger partial charge is 0.316 e. The molecule has 0 spiro atoms. The molecule has 120 valence electrons. The summed E-state index contributed by atoms with van der Waals surface area (Å²) in [5.74, 6) is 2.17. The molecule has 0 radical (unpaired) electrons. The maximum atomic E-state index is 6.33. The quantitative estimate of drug-likeness (QED) is 0.595. The Balaban J connectivity index is 2.60. The Morgan fingerprint density at radius 2 is 1.81 bits per heavy atom. The van der Waals surface area contributed by atoms with Gasteiger partial charge in [-0.1, -0.05) is 70.3 Å². The van der Waals surface area contributed by atoms with Gasteiger partial charge in [-0.25, -0.2) is 0 Å². The van der Waals surface area contributed by atoms with E-state index in [1.54, 1.807) is 0 Å². The molecule has 0 aliphatic heterocycles. The average Bonchev–Trinajstić information content (AvgIpc) is 2.41. The van der Waals surface area contributed by atoms with E-state index in [1.165, 1.54) is 24.8 Å². The Morgan fingerprint density at radius 1 is 1.10 bits per heavy atom. The second-order valence-electron chi connectivity index (χ2n) is 6.84. The van der Waals surface area contributed by atoms with Crippen molar-refractivity contribution in [2.45, 2.75) is 53.4 Å². The molecule has 0 aliphatic rings. The fraction of sp³-hybridized carbons (Fsp3) is 0.684. The van der Waals surface area contributed by atoms with Crippen LogP contribution >= 0.6 is 11.6 Å². The van der Waals surface area contributed by atoms with Crippen molar-refractivity contribution in [2.24, 2.45) is 17.8 Å². The molecule has 2 heteroatoms. The summed E-state index contributed by atoms with van der Waals surface area (Å²) in [7, 11) is 0. The molecule has 1 rings (SSSR count). The summed E-state index contributed by atoms with van der Waals surface area (Å²) in [6.07, 6.45) is 4.96. The first-order valence-electron chi connectivity index (χ1n) is 8.47. The predicted molar refractivity (Wildman–Crippen MR) is 95.0 cm³/mol. The topological polar surface area (TPSA) is 12.0 Å². The van der Waals surface area contributed by atoms with Crippen LogP contribution in [0.5, 0.6) is 0 Å². The van der Waals surface area contributed by atoms with Crippen molar-refractivity contribution in [2.75, 3.05) is 13.1 Å². The maximum Gasteiger partial charge on any atom is 0.0438 e. The maximum absolute atomic E-state index is 6.33. The van der Waals surface area contributed by atoms with Gasteiger partial charge in [0.25, 0.3) is 0 Å². The molecular weight excluding hydrogens is 278 g/mol. The van der Waals surface area contributed by atoms with Crippen molar-refractivity contribution >= 4 is 11.6 Å². The minimum Gasteiger partial charge on any atom is -0.316 e. The normalized spacial score (nSPS) is 14.4. The summed E-state index contributed by atoms with van der Waals surface area (Å²) >= 11 is 6.33. The van der Waals surface area contributed by atoms with Gasteiger partial charge in [-0.3, -0.25) is 0 Å². The van der Waals surface area contributed by atoms with Crippen molar-refractivity contribution in [3.63, 3.8) is 0 Å². The van der Waals surface area contributed by atoms with Crippen LogP contribution in [0.3, 0.4) is 0 Å². The van der Waals surface area contributed by atoms with Gasteiger partial charge in [-0.15, -0.1) is 0 Å². The molecule has 0 amide bonds. The van der Waals surface area contributed by atoms with Crippen LogP contribution in [0.15, 0.2) is 24.3 Å². The lowest BCUT2D eigenvalue weighted by molar-refractivity contribution is 0.348. The monoisotopic (exact) mass is 309 g/mol. The molecule has 0 saturated carbocycles. The van der Waals surface area contributed by atoms with Gasteiger partial charge in [0.1, 0.15) is 0 Å². The highest BCUT2D eigenvalue weighted by Gasteiger charge is 2.15. The van der Waals surface area contributed by atoms with Crippen LogP contribution < -0.4 is 5.32 Å². The van der Waals surface area contributed by atoms with Crippen LogP contribution in [0.4, 0.5) is 0 Å². The van der Waals surface area contributed by atoms with Crippen LogP contribution in [-0.2, 0) is 6.42 Å². The van der Waals surface area contributed by atoms with E-state index < -0.39 is 0 Å². The molecule has 1 nitrogen and oxygen atoms in total. The Hall–Kier alpha value is -0.530. The van der Waals surface area contributed by atoms with Crippen molar-refractivity contribution < 1.29 is 0 Å². The Kier molecular flexibility index (Phi) is 9.03. The van der Waals surface area contributed by atoms with Gasteiger partial charge in [-0.2, -0.15) is 0 Å². The zero-order valence-electron chi connectivity index (χ0n) is 14.2. The van der Waals surface area contributed by atoms with Gasteiger partial charge in [0, 0.05) is 5.02 Å². The van der Waals surface area contributed by atoms with Gasteiger partial charge in [-0.05, 0) is 55.3 Å². The van der Waals surface area contributed by atoms with Gasteiger partial charge in [0.15, 0.2) is 0 Å². The first-order chi connectivity index (χ1) is 10.0. The van der Waals surface area contributed by atoms with E-state index in [0.717, 1.165) is 30.5 Å². The van der Waals surface area contributed by atoms with Gasteiger partial charge in [0.05, 0.1) is 0 Å². The highest BCUT2D eigenvalue weighted by Crippen LogP contribution is 2.24. The highest BCUT2D eigenvalue weighted by molar-refractivity contribution is 6.31. The van der Waals surface area contributed by atoms with Gasteiger partial charge >= 0.3 is 0 Å². The van der Waals surface area contributed by atoms with E-state index in [-0.39, 0.29) is 0 Å². The summed E-state index contributed by atoms with van der Waals surface area (Å²) < 4.78 is 0. The molecule has 0 aliphatic carbocycles. The van der Waals surface area contributed by atoms with Crippen LogP contribution in [0.1, 0.15) is 52.5 Å². The van der Waals surface area contributed by atoms with E-state index in [4.69, 9.17) is 11.6 Å². The smallest absolute Gasteiger partial charge is 0.0438 e. The van der Waals surface area contributed by atoms with Gasteiger partial charge < -0.3 is 5.32 Å². The third kappa shape index (κ3) is 7.87. The summed E-state index contributed by atoms with van der Waals surface area (Å²) in [6, 6.07) is 8.28. The minimum atomic E-state index is 0.671. The molecule has 21 heavy (non-hydrogen) atoms. The van der Waals surface area contributed by atoms with Crippen molar-refractivity contribution in [3.05, 3.63) is 34.9 Å². The molecule has 2 atom stereocenters. The number of hydrogen-bond acceptors (Lipinski definition) is 1. The van der Waals surface area contributed by atoms with Crippen LogP contribution in [-0.4, -0.2) is 13.1 Å². The number of halogens is 1. The lowest BCUT2D eigenvalue weighted by atomic mass is 9.88. The Labute approximate surface area is 136 Å². The lowest BCUT2D eigenvalue weighted by Gasteiger charge is -2.22. The molecule has 0 heterocycles. The zero-order chi connectivity index (χ0) is 15.7. The molecular formula is C19H32ClN. The Morgan fingerprint density at radius 3 is 2.43 bits per heavy atom. The van der Waals surface area contributed by atoms with E-state index in [9.17, 15) is 0 Å². The van der Waals surface area contributed by atoms with Crippen molar-refractivity contribution in [3.8, 4) is 0 Å². The predicted octanol–water partition coefficient (Wildman–Crippen LogP) is 5.57. The first-order valence-corrected chi connectivity index (χ1v) is 8.84. The summed E-state index contributed by atoms with van der Waals surface area (Å²) in [5.41, 5.74) is 1.29. The zero-order valence-corrected chi connectivity index (χ0v) is 14.9. The molecule has 2 unspecified atom stereocenters.